The molecule has 0 fully saturated rings. The normalized spacial score (nSPS) is 12.9. The Morgan fingerprint density at radius 2 is 2.29 bits per heavy atom. The zero-order valence-electron chi connectivity index (χ0n) is 10.9. The van der Waals surface area contributed by atoms with Gasteiger partial charge >= 0.3 is 0 Å². The standard InChI is InChI=1S/C12H22BrN3S/c1-4-7-14-11(6-8-17-3)12-10(13)9-15-16(12)5-2/h9,11,14H,4-8H2,1-3H3. The molecule has 1 heterocycles. The summed E-state index contributed by atoms with van der Waals surface area (Å²) >= 11 is 5.51. The van der Waals surface area contributed by atoms with Crippen molar-refractivity contribution in [1.82, 2.24) is 15.1 Å². The van der Waals surface area contributed by atoms with E-state index in [1.54, 1.807) is 0 Å². The Morgan fingerprint density at radius 3 is 2.88 bits per heavy atom. The highest BCUT2D eigenvalue weighted by Crippen LogP contribution is 2.26. The molecular weight excluding hydrogens is 298 g/mol. The van der Waals surface area contributed by atoms with Gasteiger partial charge in [-0.25, -0.2) is 0 Å². The molecule has 1 unspecified atom stereocenters. The molecule has 5 heteroatoms. The lowest BCUT2D eigenvalue weighted by molar-refractivity contribution is 0.471. The van der Waals surface area contributed by atoms with Gasteiger partial charge in [0.05, 0.1) is 22.4 Å². The summed E-state index contributed by atoms with van der Waals surface area (Å²) in [7, 11) is 0. The summed E-state index contributed by atoms with van der Waals surface area (Å²) < 4.78 is 3.20. The van der Waals surface area contributed by atoms with Crippen LogP contribution in [0, 0.1) is 0 Å². The van der Waals surface area contributed by atoms with Crippen LogP contribution in [-0.2, 0) is 6.54 Å². The number of hydrogen-bond donors (Lipinski definition) is 1. The van der Waals surface area contributed by atoms with Gasteiger partial charge in [-0.2, -0.15) is 16.9 Å². The number of rotatable bonds is 8. The second-order valence-corrected chi connectivity index (χ2v) is 5.82. The second kappa shape index (κ2) is 8.16. The summed E-state index contributed by atoms with van der Waals surface area (Å²) in [6.07, 6.45) is 6.36. The molecule has 1 aromatic rings. The summed E-state index contributed by atoms with van der Waals surface area (Å²) in [6, 6.07) is 0.402. The van der Waals surface area contributed by atoms with Crippen molar-refractivity contribution < 1.29 is 0 Å². The van der Waals surface area contributed by atoms with E-state index in [1.165, 1.54) is 11.4 Å². The van der Waals surface area contributed by atoms with Crippen molar-refractivity contribution in [2.75, 3.05) is 18.6 Å². The lowest BCUT2D eigenvalue weighted by Gasteiger charge is -2.20. The van der Waals surface area contributed by atoms with Crippen molar-refractivity contribution in [2.45, 2.75) is 39.3 Å². The lowest BCUT2D eigenvalue weighted by Crippen LogP contribution is -2.25. The van der Waals surface area contributed by atoms with E-state index in [2.05, 4.69) is 51.1 Å². The summed E-state index contributed by atoms with van der Waals surface area (Å²) in [6.45, 7) is 6.31. The Kier molecular flexibility index (Phi) is 7.23. The van der Waals surface area contributed by atoms with Gasteiger partial charge in [-0.3, -0.25) is 4.68 Å². The quantitative estimate of drug-likeness (QED) is 0.795. The molecule has 0 amide bonds. The molecule has 0 bridgehead atoms. The maximum absolute atomic E-state index is 4.39. The minimum absolute atomic E-state index is 0.402. The van der Waals surface area contributed by atoms with Crippen molar-refractivity contribution >= 4 is 27.7 Å². The van der Waals surface area contributed by atoms with Crippen molar-refractivity contribution in [3.8, 4) is 0 Å². The van der Waals surface area contributed by atoms with Crippen LogP contribution in [0.5, 0.6) is 0 Å². The fourth-order valence-electron chi connectivity index (χ4n) is 1.86. The maximum atomic E-state index is 4.39. The summed E-state index contributed by atoms with van der Waals surface area (Å²) in [5.41, 5.74) is 1.29. The number of nitrogens with one attached hydrogen (secondary N) is 1. The Labute approximate surface area is 117 Å². The van der Waals surface area contributed by atoms with Gasteiger partial charge in [0.2, 0.25) is 0 Å². The number of aromatic nitrogens is 2. The van der Waals surface area contributed by atoms with E-state index in [1.807, 2.05) is 18.0 Å². The van der Waals surface area contributed by atoms with E-state index in [-0.39, 0.29) is 0 Å². The molecule has 0 aliphatic rings. The molecule has 3 nitrogen and oxygen atoms in total. The van der Waals surface area contributed by atoms with Crippen LogP contribution in [0.4, 0.5) is 0 Å². The fraction of sp³-hybridized carbons (Fsp3) is 0.750. The van der Waals surface area contributed by atoms with E-state index in [0.717, 1.165) is 30.4 Å². The molecule has 0 aromatic carbocycles. The highest BCUT2D eigenvalue weighted by molar-refractivity contribution is 9.10. The van der Waals surface area contributed by atoms with Crippen molar-refractivity contribution in [3.63, 3.8) is 0 Å². The third-order valence-electron chi connectivity index (χ3n) is 2.71. The van der Waals surface area contributed by atoms with Crippen LogP contribution >= 0.6 is 27.7 Å². The van der Waals surface area contributed by atoms with Gasteiger partial charge in [-0.15, -0.1) is 0 Å². The van der Waals surface area contributed by atoms with Gasteiger partial charge in [0.15, 0.2) is 0 Å². The number of halogens is 1. The number of aryl methyl sites for hydroxylation is 1. The molecule has 98 valence electrons. The highest BCUT2D eigenvalue weighted by atomic mass is 79.9. The zero-order chi connectivity index (χ0) is 12.7. The zero-order valence-corrected chi connectivity index (χ0v) is 13.3. The predicted molar refractivity (Wildman–Crippen MR) is 79.6 cm³/mol. The van der Waals surface area contributed by atoms with Crippen molar-refractivity contribution in [2.24, 2.45) is 0 Å². The average Bonchev–Trinajstić information content (AvgIpc) is 2.71. The van der Waals surface area contributed by atoms with E-state index in [0.29, 0.717) is 6.04 Å². The van der Waals surface area contributed by atoms with Crippen LogP contribution in [0.1, 0.15) is 38.4 Å². The first-order valence-corrected chi connectivity index (χ1v) is 8.36. The molecule has 1 atom stereocenters. The molecule has 1 N–H and O–H groups in total. The van der Waals surface area contributed by atoms with Crippen LogP contribution in [0.15, 0.2) is 10.7 Å². The molecule has 0 spiro atoms. The van der Waals surface area contributed by atoms with E-state index in [4.69, 9.17) is 0 Å². The Hall–Kier alpha value is 0. The van der Waals surface area contributed by atoms with E-state index in [9.17, 15) is 0 Å². The van der Waals surface area contributed by atoms with Gasteiger partial charge < -0.3 is 5.32 Å². The summed E-state index contributed by atoms with van der Waals surface area (Å²) in [5.74, 6) is 1.17. The smallest absolute Gasteiger partial charge is 0.0695 e. The van der Waals surface area contributed by atoms with Crippen LogP contribution < -0.4 is 5.32 Å². The van der Waals surface area contributed by atoms with Gasteiger partial charge in [0.25, 0.3) is 0 Å². The maximum Gasteiger partial charge on any atom is 0.0695 e. The van der Waals surface area contributed by atoms with Crippen LogP contribution in [0.3, 0.4) is 0 Å². The fourth-order valence-corrected chi connectivity index (χ4v) is 2.90. The second-order valence-electron chi connectivity index (χ2n) is 3.98. The first-order valence-electron chi connectivity index (χ1n) is 6.18. The van der Waals surface area contributed by atoms with E-state index < -0.39 is 0 Å². The minimum Gasteiger partial charge on any atom is -0.309 e. The molecule has 17 heavy (non-hydrogen) atoms. The SMILES string of the molecule is CCCNC(CCSC)c1c(Br)cnn1CC. The van der Waals surface area contributed by atoms with Gasteiger partial charge in [-0.1, -0.05) is 6.92 Å². The molecule has 0 saturated carbocycles. The first-order chi connectivity index (χ1) is 8.24. The number of hydrogen-bond acceptors (Lipinski definition) is 3. The van der Waals surface area contributed by atoms with Gasteiger partial charge in [-0.05, 0) is 54.2 Å². The summed E-state index contributed by atoms with van der Waals surface area (Å²) in [5, 5.41) is 8.01. The minimum atomic E-state index is 0.402. The molecule has 0 radical (unpaired) electrons. The largest absolute Gasteiger partial charge is 0.309 e. The topological polar surface area (TPSA) is 29.9 Å². The third kappa shape index (κ3) is 4.30. The average molecular weight is 320 g/mol. The Morgan fingerprint density at radius 1 is 1.53 bits per heavy atom. The molecular formula is C12H22BrN3S. The molecule has 1 aromatic heterocycles. The van der Waals surface area contributed by atoms with Crippen molar-refractivity contribution in [3.05, 3.63) is 16.4 Å². The molecule has 1 rings (SSSR count). The van der Waals surface area contributed by atoms with Crippen molar-refractivity contribution in [1.29, 1.82) is 0 Å². The highest BCUT2D eigenvalue weighted by Gasteiger charge is 2.18. The monoisotopic (exact) mass is 319 g/mol. The third-order valence-corrected chi connectivity index (χ3v) is 3.97. The van der Waals surface area contributed by atoms with E-state index >= 15 is 0 Å². The Balaban J connectivity index is 2.81. The van der Waals surface area contributed by atoms with Crippen LogP contribution in [-0.4, -0.2) is 28.3 Å². The summed E-state index contributed by atoms with van der Waals surface area (Å²) in [4.78, 5) is 0. The van der Waals surface area contributed by atoms with Gasteiger partial charge in [0, 0.05) is 6.54 Å². The van der Waals surface area contributed by atoms with Crippen LogP contribution in [0.25, 0.3) is 0 Å². The molecule has 0 aliphatic carbocycles. The first kappa shape index (κ1) is 15.1. The predicted octanol–water partition coefficient (Wildman–Crippen LogP) is 3.46. The number of nitrogens with zero attached hydrogens (tertiary/aromatic N) is 2. The molecule has 0 saturated heterocycles. The van der Waals surface area contributed by atoms with Crippen LogP contribution in [0.2, 0.25) is 0 Å². The number of thioether (sulfide) groups is 1. The van der Waals surface area contributed by atoms with Gasteiger partial charge in [0.1, 0.15) is 0 Å². The molecule has 0 aliphatic heterocycles. The Bertz CT molecular complexity index is 320. The lowest BCUT2D eigenvalue weighted by atomic mass is 10.1.